The molecule has 0 aromatic heterocycles. The quantitative estimate of drug-likeness (QED) is 0.0870. The van der Waals surface area contributed by atoms with E-state index in [1.807, 2.05) is 6.08 Å². The Bertz CT molecular complexity index is 536. The number of unbranched alkanes of at least 4 members (excludes halogenated alkanes) is 16. The van der Waals surface area contributed by atoms with E-state index in [4.69, 9.17) is 4.55 Å². The van der Waals surface area contributed by atoms with Gasteiger partial charge in [0.2, 0.25) is 0 Å². The SMILES string of the molecule is CCCCCCCCCCCCCCCCC/C=C/C([O-])=NCCCCS(=O)(=O)O.[Na+]. The van der Waals surface area contributed by atoms with Crippen LogP contribution >= 0.6 is 0 Å². The molecule has 0 heterocycles. The molecule has 0 spiro atoms. The molecule has 5 nitrogen and oxygen atoms in total. The fraction of sp³-hybridized carbons (Fsp3) is 0.875. The Balaban J connectivity index is 0. The number of allylic oxidation sites excluding steroid dienone is 1. The predicted molar refractivity (Wildman–Crippen MR) is 127 cm³/mol. The summed E-state index contributed by atoms with van der Waals surface area (Å²) in [6.07, 6.45) is 25.3. The summed E-state index contributed by atoms with van der Waals surface area (Å²) in [6, 6.07) is 0. The molecule has 0 atom stereocenters. The van der Waals surface area contributed by atoms with E-state index >= 15 is 0 Å². The van der Waals surface area contributed by atoms with Crippen LogP contribution in [0.3, 0.4) is 0 Å². The number of nitrogens with zero attached hydrogens (tertiary/aromatic N) is 1. The Labute approximate surface area is 214 Å². The first-order chi connectivity index (χ1) is 14.5. The summed E-state index contributed by atoms with van der Waals surface area (Å²) in [5, 5.41) is 11.5. The topological polar surface area (TPSA) is 89.8 Å². The minimum Gasteiger partial charge on any atom is -0.859 e. The molecule has 0 aromatic carbocycles. The Morgan fingerprint density at radius 2 is 1.23 bits per heavy atom. The van der Waals surface area contributed by atoms with Crippen molar-refractivity contribution in [1.29, 1.82) is 0 Å². The van der Waals surface area contributed by atoms with Crippen molar-refractivity contribution in [1.82, 2.24) is 0 Å². The zero-order valence-corrected chi connectivity index (χ0v) is 23.1. The van der Waals surface area contributed by atoms with Crippen LogP contribution in [0.2, 0.25) is 0 Å². The van der Waals surface area contributed by atoms with Gasteiger partial charge in [0, 0.05) is 6.54 Å². The third-order valence-electron chi connectivity index (χ3n) is 5.31. The molecular formula is C24H46NNaO4S. The van der Waals surface area contributed by atoms with Crippen molar-refractivity contribution in [2.45, 2.75) is 122 Å². The van der Waals surface area contributed by atoms with E-state index in [1.54, 1.807) is 0 Å². The maximum absolute atomic E-state index is 11.5. The summed E-state index contributed by atoms with van der Waals surface area (Å²) < 4.78 is 29.7. The molecule has 178 valence electrons. The van der Waals surface area contributed by atoms with E-state index in [0.717, 1.165) is 12.8 Å². The van der Waals surface area contributed by atoms with Gasteiger partial charge in [0.05, 0.1) is 5.75 Å². The molecule has 7 heteroatoms. The van der Waals surface area contributed by atoms with Gasteiger partial charge in [-0.25, -0.2) is 0 Å². The van der Waals surface area contributed by atoms with Crippen LogP contribution in [-0.4, -0.2) is 31.2 Å². The monoisotopic (exact) mass is 467 g/mol. The minimum absolute atomic E-state index is 0. The molecule has 0 saturated carbocycles. The summed E-state index contributed by atoms with van der Waals surface area (Å²) in [7, 11) is -3.90. The first-order valence-corrected chi connectivity index (χ1v) is 13.9. The summed E-state index contributed by atoms with van der Waals surface area (Å²) >= 11 is 0. The second-order valence-corrected chi connectivity index (χ2v) is 9.93. The van der Waals surface area contributed by atoms with Crippen LogP contribution in [0.25, 0.3) is 0 Å². The second kappa shape index (κ2) is 24.8. The molecule has 0 radical (unpaired) electrons. The van der Waals surface area contributed by atoms with Crippen LogP contribution in [0, 0.1) is 0 Å². The number of hydrogen-bond acceptors (Lipinski definition) is 4. The van der Waals surface area contributed by atoms with Gasteiger partial charge in [-0.2, -0.15) is 8.42 Å². The summed E-state index contributed by atoms with van der Waals surface area (Å²) in [6.45, 7) is 2.57. The number of aliphatic imine (C=N–C) groups is 1. The molecular weight excluding hydrogens is 421 g/mol. The molecule has 0 aliphatic rings. The van der Waals surface area contributed by atoms with E-state index < -0.39 is 10.1 Å². The Morgan fingerprint density at radius 1 is 0.774 bits per heavy atom. The second-order valence-electron chi connectivity index (χ2n) is 8.35. The third-order valence-corrected chi connectivity index (χ3v) is 6.12. The van der Waals surface area contributed by atoms with E-state index in [0.29, 0.717) is 19.4 Å². The van der Waals surface area contributed by atoms with E-state index in [-0.39, 0.29) is 41.2 Å². The summed E-state index contributed by atoms with van der Waals surface area (Å²) in [4.78, 5) is 3.85. The maximum Gasteiger partial charge on any atom is 1.00 e. The van der Waals surface area contributed by atoms with Crippen molar-refractivity contribution in [3.05, 3.63) is 12.2 Å². The van der Waals surface area contributed by atoms with Crippen LogP contribution < -0.4 is 34.7 Å². The molecule has 0 fully saturated rings. The van der Waals surface area contributed by atoms with Crippen molar-refractivity contribution >= 4 is 16.0 Å². The first kappa shape index (κ1) is 33.3. The van der Waals surface area contributed by atoms with Crippen LogP contribution in [-0.2, 0) is 10.1 Å². The maximum atomic E-state index is 11.5. The van der Waals surface area contributed by atoms with Crippen LogP contribution in [0.1, 0.15) is 122 Å². The fourth-order valence-corrected chi connectivity index (χ4v) is 4.02. The van der Waals surface area contributed by atoms with Gasteiger partial charge in [-0.05, 0) is 31.6 Å². The zero-order chi connectivity index (χ0) is 22.3. The normalized spacial score (nSPS) is 12.4. The molecule has 0 saturated heterocycles. The standard InChI is InChI=1S/C24H47NO4S.Na/c1-2-3-4-5-6-7-8-9-10-11-12-13-14-15-16-17-18-21-24(26)25-22-19-20-23-30(27,28)29;/h18,21H,2-17,19-20,22-23H2,1H3,(H,25,26)(H,27,28,29);/q;+1/p-1/b21-18+;. The molecule has 0 bridgehead atoms. The molecule has 0 amide bonds. The molecule has 0 aliphatic heterocycles. The molecule has 0 aromatic rings. The Kier molecular flexibility index (Phi) is 26.6. The largest absolute Gasteiger partial charge is 1.00 e. The molecule has 31 heavy (non-hydrogen) atoms. The van der Waals surface area contributed by atoms with Gasteiger partial charge in [0.25, 0.3) is 10.1 Å². The van der Waals surface area contributed by atoms with E-state index in [1.165, 1.54) is 96.0 Å². The summed E-state index contributed by atoms with van der Waals surface area (Å²) in [5.74, 6) is -0.533. The van der Waals surface area contributed by atoms with Gasteiger partial charge < -0.3 is 10.1 Å². The van der Waals surface area contributed by atoms with Crippen molar-refractivity contribution in [2.24, 2.45) is 4.99 Å². The average molecular weight is 468 g/mol. The Hall–Kier alpha value is 0.120. The van der Waals surface area contributed by atoms with E-state index in [2.05, 4.69) is 11.9 Å². The fourth-order valence-electron chi connectivity index (χ4n) is 3.46. The number of rotatable bonds is 22. The molecule has 0 unspecified atom stereocenters. The number of hydrogen-bond donors (Lipinski definition) is 1. The van der Waals surface area contributed by atoms with Gasteiger partial charge in [-0.3, -0.25) is 4.55 Å². The Morgan fingerprint density at radius 3 is 1.68 bits per heavy atom. The average Bonchev–Trinajstić information content (AvgIpc) is 2.69. The molecule has 1 N–H and O–H groups in total. The van der Waals surface area contributed by atoms with Crippen molar-refractivity contribution in [3.8, 4) is 0 Å². The van der Waals surface area contributed by atoms with Gasteiger partial charge in [-0.1, -0.05) is 109 Å². The zero-order valence-electron chi connectivity index (χ0n) is 20.3. The molecule has 0 aliphatic carbocycles. The van der Waals surface area contributed by atoms with Gasteiger partial charge in [0.15, 0.2) is 0 Å². The predicted octanol–water partition coefficient (Wildman–Crippen LogP) is 3.23. The minimum atomic E-state index is -3.90. The smallest absolute Gasteiger partial charge is 0.859 e. The van der Waals surface area contributed by atoms with Gasteiger partial charge in [-0.15, -0.1) is 0 Å². The van der Waals surface area contributed by atoms with Crippen molar-refractivity contribution in [3.63, 3.8) is 0 Å². The van der Waals surface area contributed by atoms with Crippen molar-refractivity contribution < 1.29 is 47.6 Å². The molecule has 0 rings (SSSR count). The summed E-state index contributed by atoms with van der Waals surface area (Å²) in [5.41, 5.74) is 0. The van der Waals surface area contributed by atoms with Crippen molar-refractivity contribution in [2.75, 3.05) is 12.3 Å². The van der Waals surface area contributed by atoms with Gasteiger partial charge >= 0.3 is 29.6 Å². The third kappa shape index (κ3) is 30.1. The van der Waals surface area contributed by atoms with Crippen LogP contribution in [0.5, 0.6) is 0 Å². The van der Waals surface area contributed by atoms with E-state index in [9.17, 15) is 13.5 Å². The van der Waals surface area contributed by atoms with Crippen LogP contribution in [0.4, 0.5) is 0 Å². The van der Waals surface area contributed by atoms with Crippen LogP contribution in [0.15, 0.2) is 17.1 Å². The van der Waals surface area contributed by atoms with Gasteiger partial charge in [0.1, 0.15) is 0 Å². The first-order valence-electron chi connectivity index (χ1n) is 12.3.